The van der Waals surface area contributed by atoms with E-state index < -0.39 is 11.4 Å². The molecule has 2 amide bonds. The summed E-state index contributed by atoms with van der Waals surface area (Å²) < 4.78 is 25.0. The lowest BCUT2D eigenvalue weighted by Gasteiger charge is -2.30. The Balaban J connectivity index is 0.968. The SMILES string of the molecule is COc1cc(-c2n[nH]c3ccc(NC(=O)[C@]4(OC)CCN(CC(=O)N5CC=C(c6ccc(-c7ncccn7)cc6)CC5)C4)cc23)ccc1F. The maximum atomic E-state index is 14.0. The molecule has 0 bridgehead atoms. The lowest BCUT2D eigenvalue weighted by atomic mass is 9.98. The summed E-state index contributed by atoms with van der Waals surface area (Å²) in [7, 11) is 2.94. The zero-order valence-corrected chi connectivity index (χ0v) is 27.3. The summed E-state index contributed by atoms with van der Waals surface area (Å²) in [6.07, 6.45) is 6.78. The first kappa shape index (κ1) is 32.1. The Bertz CT molecular complexity index is 2030. The van der Waals surface area contributed by atoms with E-state index in [1.165, 1.54) is 25.9 Å². The number of fused-ring (bicyclic) bond motifs is 1. The molecular weight excluding hydrogens is 625 g/mol. The highest BCUT2D eigenvalue weighted by Crippen LogP contribution is 2.33. The largest absolute Gasteiger partial charge is 0.494 e. The number of H-pyrrole nitrogens is 1. The summed E-state index contributed by atoms with van der Waals surface area (Å²) >= 11 is 0. The normalized spacial score (nSPS) is 18.0. The number of methoxy groups -OCH3 is 2. The van der Waals surface area contributed by atoms with Crippen molar-refractivity contribution < 1.29 is 23.5 Å². The van der Waals surface area contributed by atoms with E-state index in [-0.39, 0.29) is 24.1 Å². The van der Waals surface area contributed by atoms with Gasteiger partial charge in [0.05, 0.1) is 19.2 Å². The summed E-state index contributed by atoms with van der Waals surface area (Å²) in [5.41, 5.74) is 4.79. The molecule has 250 valence electrons. The molecule has 1 atom stereocenters. The van der Waals surface area contributed by atoms with E-state index >= 15 is 0 Å². The van der Waals surface area contributed by atoms with Crippen molar-refractivity contribution in [3.63, 3.8) is 0 Å². The molecule has 0 spiro atoms. The zero-order valence-electron chi connectivity index (χ0n) is 27.3. The molecular formula is C37H36FN7O4. The van der Waals surface area contributed by atoms with Crippen molar-refractivity contribution >= 4 is 34.0 Å². The van der Waals surface area contributed by atoms with Crippen molar-refractivity contribution in [1.29, 1.82) is 0 Å². The molecule has 1 fully saturated rings. The molecule has 49 heavy (non-hydrogen) atoms. The van der Waals surface area contributed by atoms with E-state index in [0.717, 1.165) is 28.5 Å². The Morgan fingerprint density at radius 3 is 2.49 bits per heavy atom. The van der Waals surface area contributed by atoms with Gasteiger partial charge in [0, 0.05) is 67.9 Å². The average molecular weight is 662 g/mol. The van der Waals surface area contributed by atoms with Gasteiger partial charge in [0.2, 0.25) is 5.91 Å². The van der Waals surface area contributed by atoms with Crippen LogP contribution in [0.2, 0.25) is 0 Å². The molecule has 2 aliphatic rings. The van der Waals surface area contributed by atoms with Gasteiger partial charge >= 0.3 is 0 Å². The van der Waals surface area contributed by atoms with Crippen molar-refractivity contribution in [3.8, 4) is 28.4 Å². The Morgan fingerprint density at radius 2 is 1.76 bits per heavy atom. The minimum atomic E-state index is -1.11. The van der Waals surface area contributed by atoms with Crippen molar-refractivity contribution in [2.45, 2.75) is 18.4 Å². The van der Waals surface area contributed by atoms with Gasteiger partial charge in [0.15, 0.2) is 23.0 Å². The van der Waals surface area contributed by atoms with Crippen molar-refractivity contribution in [2.24, 2.45) is 0 Å². The van der Waals surface area contributed by atoms with Gasteiger partial charge in [-0.25, -0.2) is 14.4 Å². The molecule has 2 aliphatic heterocycles. The van der Waals surface area contributed by atoms with Crippen LogP contribution in [0.5, 0.6) is 5.75 Å². The van der Waals surface area contributed by atoms with Crippen molar-refractivity contribution in [1.82, 2.24) is 30.0 Å². The number of carbonyl (C=O) groups excluding carboxylic acids is 2. The third kappa shape index (κ3) is 6.52. The number of rotatable bonds is 9. The van der Waals surface area contributed by atoms with E-state index in [9.17, 15) is 14.0 Å². The van der Waals surface area contributed by atoms with E-state index in [1.54, 1.807) is 36.7 Å². The van der Waals surface area contributed by atoms with Gasteiger partial charge in [0.25, 0.3) is 5.91 Å². The molecule has 0 saturated carbocycles. The van der Waals surface area contributed by atoms with E-state index in [1.807, 2.05) is 34.1 Å². The Kier molecular flexibility index (Phi) is 8.89. The predicted molar refractivity (Wildman–Crippen MR) is 184 cm³/mol. The summed E-state index contributed by atoms with van der Waals surface area (Å²) in [5.74, 6) is 0.0837. The van der Waals surface area contributed by atoms with Crippen LogP contribution >= 0.6 is 0 Å². The number of nitrogens with zero attached hydrogens (tertiary/aromatic N) is 5. The number of halogens is 1. The van der Waals surface area contributed by atoms with Gasteiger partial charge < -0.3 is 19.7 Å². The molecule has 7 rings (SSSR count). The Labute approximate surface area is 282 Å². The second kappa shape index (κ2) is 13.6. The zero-order chi connectivity index (χ0) is 34.0. The fourth-order valence-electron chi connectivity index (χ4n) is 6.53. The van der Waals surface area contributed by atoms with E-state index in [4.69, 9.17) is 9.47 Å². The first-order chi connectivity index (χ1) is 23.9. The number of nitrogens with one attached hydrogen (secondary N) is 2. The molecule has 3 aromatic carbocycles. The van der Waals surface area contributed by atoms with E-state index in [0.29, 0.717) is 55.4 Å². The smallest absolute Gasteiger partial charge is 0.258 e. The number of carbonyl (C=O) groups is 2. The molecule has 11 nitrogen and oxygen atoms in total. The summed E-state index contributed by atoms with van der Waals surface area (Å²) in [6, 6.07) is 20.0. The van der Waals surface area contributed by atoms with Crippen LogP contribution < -0.4 is 10.1 Å². The highest BCUT2D eigenvalue weighted by atomic mass is 19.1. The number of likely N-dealkylation sites (tertiary alicyclic amines) is 1. The number of hydrogen-bond donors (Lipinski definition) is 2. The maximum Gasteiger partial charge on any atom is 0.258 e. The summed E-state index contributed by atoms with van der Waals surface area (Å²) in [5, 5.41) is 11.2. The number of ether oxygens (including phenoxy) is 2. The topological polar surface area (TPSA) is 126 Å². The Morgan fingerprint density at radius 1 is 0.980 bits per heavy atom. The fraction of sp³-hybridized carbons (Fsp3) is 0.270. The second-order valence-corrected chi connectivity index (χ2v) is 12.3. The maximum absolute atomic E-state index is 14.0. The van der Waals surface area contributed by atoms with Crippen LogP contribution in [0, 0.1) is 5.82 Å². The Hall–Kier alpha value is -5.46. The second-order valence-electron chi connectivity index (χ2n) is 12.3. The predicted octanol–water partition coefficient (Wildman–Crippen LogP) is 5.18. The number of amides is 2. The number of aromatic nitrogens is 4. The van der Waals surface area contributed by atoms with Gasteiger partial charge in [-0.15, -0.1) is 0 Å². The van der Waals surface area contributed by atoms with Gasteiger partial charge in [-0.1, -0.05) is 30.3 Å². The lowest BCUT2D eigenvalue weighted by Crippen LogP contribution is -2.48. The standard InChI is InChI=1S/C37H36FN7O4/c1-48-32-20-27(8-10-30(32)38)34-29-21-28(9-11-31(29)42-43-34)41-36(47)37(49-2)14-19-44(23-37)22-33(46)45-17-12-25(13-18-45)24-4-6-26(7-5-24)35-39-15-3-16-40-35/h3-12,15-16,20-21H,13-14,17-19,22-23H2,1-2H3,(H,41,47)(H,42,43)/t37-/m0/s1. The number of anilines is 1. The van der Waals surface area contributed by atoms with Gasteiger partial charge in [-0.2, -0.15) is 5.10 Å². The molecule has 0 aliphatic carbocycles. The van der Waals surface area contributed by atoms with Crippen LogP contribution in [0.1, 0.15) is 18.4 Å². The highest BCUT2D eigenvalue weighted by molar-refractivity contribution is 6.01. The third-order valence-electron chi connectivity index (χ3n) is 9.36. The molecule has 0 unspecified atom stereocenters. The van der Waals surface area contributed by atoms with Crippen LogP contribution in [-0.2, 0) is 14.3 Å². The monoisotopic (exact) mass is 661 g/mol. The lowest BCUT2D eigenvalue weighted by molar-refractivity contribution is -0.138. The van der Waals surface area contributed by atoms with Crippen molar-refractivity contribution in [2.75, 3.05) is 52.3 Å². The molecule has 0 radical (unpaired) electrons. The first-order valence-corrected chi connectivity index (χ1v) is 16.1. The molecule has 12 heteroatoms. The van der Waals surface area contributed by atoms with Gasteiger partial charge in [-0.05, 0) is 66.4 Å². The first-order valence-electron chi connectivity index (χ1n) is 16.1. The quantitative estimate of drug-likeness (QED) is 0.222. The molecule has 5 aromatic rings. The summed E-state index contributed by atoms with van der Waals surface area (Å²) in [4.78, 5) is 39.5. The van der Waals surface area contributed by atoms with Crippen molar-refractivity contribution in [3.05, 3.63) is 96.6 Å². The van der Waals surface area contributed by atoms with Crippen LogP contribution in [0.3, 0.4) is 0 Å². The van der Waals surface area contributed by atoms with Crippen LogP contribution in [-0.4, -0.2) is 94.3 Å². The summed E-state index contributed by atoms with van der Waals surface area (Å²) in [6.45, 7) is 2.21. The number of hydrogen-bond acceptors (Lipinski definition) is 8. The molecule has 4 heterocycles. The van der Waals surface area contributed by atoms with Gasteiger partial charge in [0.1, 0.15) is 5.69 Å². The highest BCUT2D eigenvalue weighted by Gasteiger charge is 2.45. The number of aromatic amines is 1. The fourth-order valence-corrected chi connectivity index (χ4v) is 6.53. The van der Waals surface area contributed by atoms with E-state index in [2.05, 4.69) is 43.7 Å². The number of benzene rings is 3. The van der Waals surface area contributed by atoms with Gasteiger partial charge in [-0.3, -0.25) is 19.6 Å². The average Bonchev–Trinajstić information content (AvgIpc) is 3.77. The molecule has 1 saturated heterocycles. The minimum absolute atomic E-state index is 0.0227. The van der Waals surface area contributed by atoms with Crippen LogP contribution in [0.25, 0.3) is 39.1 Å². The molecule has 2 aromatic heterocycles. The molecule has 2 N–H and O–H groups in total. The third-order valence-corrected chi connectivity index (χ3v) is 9.36. The van der Waals surface area contributed by atoms with Crippen LogP contribution in [0.4, 0.5) is 10.1 Å². The minimum Gasteiger partial charge on any atom is -0.494 e. The van der Waals surface area contributed by atoms with Crippen LogP contribution in [0.15, 0.2) is 85.2 Å².